The second kappa shape index (κ2) is 8.06. The van der Waals surface area contributed by atoms with E-state index in [1.54, 1.807) is 0 Å². The maximum absolute atomic E-state index is 11.5. The molecule has 0 radical (unpaired) electrons. The molecule has 3 saturated carbocycles. The standard InChI is InChI=1S/C20H33OP/c21-16-17-22(18-10-4-1-5-11-18,19-12-6-2-7-13-19)20-14-8-3-9-15-20/h18-20H,1-15H2. The zero-order valence-electron chi connectivity index (χ0n) is 14.2. The highest BCUT2D eigenvalue weighted by Crippen LogP contribution is 2.68. The van der Waals surface area contributed by atoms with Crippen LogP contribution in [0.1, 0.15) is 96.3 Å². The maximum atomic E-state index is 11.5. The normalized spacial score (nSPS) is 26.4. The van der Waals surface area contributed by atoms with Crippen molar-refractivity contribution < 1.29 is 4.79 Å². The molecule has 0 N–H and O–H groups in total. The predicted octanol–water partition coefficient (Wildman–Crippen LogP) is 5.79. The van der Waals surface area contributed by atoms with Crippen LogP contribution in [-0.2, 0) is 4.79 Å². The molecule has 0 saturated heterocycles. The molecule has 0 aromatic carbocycles. The molecule has 0 unspecified atom stereocenters. The fraction of sp³-hybridized carbons (Fsp3) is 0.900. The highest BCUT2D eigenvalue weighted by Gasteiger charge is 2.42. The Kier molecular flexibility index (Phi) is 6.09. The lowest BCUT2D eigenvalue weighted by Gasteiger charge is -2.48. The monoisotopic (exact) mass is 320 g/mol. The highest BCUT2D eigenvalue weighted by atomic mass is 31.2. The van der Waals surface area contributed by atoms with Gasteiger partial charge in [-0.3, -0.25) is 0 Å². The van der Waals surface area contributed by atoms with Gasteiger partial charge in [-0.25, -0.2) is 4.79 Å². The molecule has 2 heteroatoms. The molecule has 22 heavy (non-hydrogen) atoms. The second-order valence-corrected chi connectivity index (χ2v) is 12.0. The Morgan fingerprint density at radius 1 is 0.545 bits per heavy atom. The third kappa shape index (κ3) is 3.33. The van der Waals surface area contributed by atoms with Gasteiger partial charge in [-0.05, 0) is 67.8 Å². The van der Waals surface area contributed by atoms with Gasteiger partial charge in [-0.1, -0.05) is 57.8 Å². The van der Waals surface area contributed by atoms with Crippen molar-refractivity contribution in [1.82, 2.24) is 0 Å². The summed E-state index contributed by atoms with van der Waals surface area (Å²) in [5, 5.41) is 0. The van der Waals surface area contributed by atoms with Crippen LogP contribution in [0.3, 0.4) is 0 Å². The topological polar surface area (TPSA) is 17.1 Å². The van der Waals surface area contributed by atoms with Crippen LogP contribution in [0, 0.1) is 0 Å². The van der Waals surface area contributed by atoms with Gasteiger partial charge < -0.3 is 0 Å². The van der Waals surface area contributed by atoms with Gasteiger partial charge >= 0.3 is 0 Å². The third-order valence-electron chi connectivity index (χ3n) is 6.78. The minimum Gasteiger partial charge on any atom is -0.224 e. The van der Waals surface area contributed by atoms with Crippen LogP contribution in [0.2, 0.25) is 0 Å². The molecule has 0 aromatic heterocycles. The fourth-order valence-corrected chi connectivity index (χ4v) is 11.9. The number of hydrogen-bond acceptors (Lipinski definition) is 1. The summed E-state index contributed by atoms with van der Waals surface area (Å²) in [7, 11) is 0. The lowest BCUT2D eigenvalue weighted by Crippen LogP contribution is -2.32. The summed E-state index contributed by atoms with van der Waals surface area (Å²) in [5.74, 6) is 2.25. The van der Waals surface area contributed by atoms with Gasteiger partial charge in [0.05, 0.1) is 0 Å². The van der Waals surface area contributed by atoms with Gasteiger partial charge in [0.2, 0.25) is 0 Å². The lowest BCUT2D eigenvalue weighted by atomic mass is 9.99. The number of hydrogen-bond donors (Lipinski definition) is 0. The SMILES string of the molecule is O=C=C=P(C1CCCCC1)(C1CCCCC1)C1CCCCC1. The van der Waals surface area contributed by atoms with E-state index in [0.29, 0.717) is 0 Å². The average Bonchev–Trinajstić information content (AvgIpc) is 2.62. The summed E-state index contributed by atoms with van der Waals surface area (Å²) in [6, 6.07) is 0. The Morgan fingerprint density at radius 2 is 0.864 bits per heavy atom. The molecule has 0 amide bonds. The van der Waals surface area contributed by atoms with Gasteiger partial charge in [0.1, 0.15) is 0 Å². The van der Waals surface area contributed by atoms with Crippen LogP contribution < -0.4 is 0 Å². The Labute approximate surface area is 136 Å². The molecule has 0 aromatic rings. The van der Waals surface area contributed by atoms with Crippen LogP contribution in [-0.4, -0.2) is 28.4 Å². The van der Waals surface area contributed by atoms with E-state index in [4.69, 9.17) is 0 Å². The van der Waals surface area contributed by atoms with E-state index in [2.05, 4.69) is 11.4 Å². The zero-order chi connectivity index (χ0) is 15.3. The summed E-state index contributed by atoms with van der Waals surface area (Å²) in [5.41, 5.74) is 5.99. The molecule has 0 heterocycles. The Bertz CT molecular complexity index is 400. The lowest BCUT2D eigenvalue weighted by molar-refractivity contribution is 0.458. The Hall–Kier alpha value is -0.210. The van der Waals surface area contributed by atoms with Crippen LogP contribution in [0.5, 0.6) is 0 Å². The van der Waals surface area contributed by atoms with Crippen molar-refractivity contribution >= 4 is 18.3 Å². The van der Waals surface area contributed by atoms with Crippen molar-refractivity contribution in [1.29, 1.82) is 0 Å². The van der Waals surface area contributed by atoms with E-state index in [-0.39, 0.29) is 0 Å². The van der Waals surface area contributed by atoms with Crippen molar-refractivity contribution in [2.75, 3.05) is 0 Å². The van der Waals surface area contributed by atoms with Crippen molar-refractivity contribution in [3.05, 3.63) is 0 Å². The van der Waals surface area contributed by atoms with Gasteiger partial charge in [0, 0.05) is 0 Å². The molecule has 0 atom stereocenters. The molecule has 0 aliphatic heterocycles. The molecule has 3 aliphatic carbocycles. The molecule has 0 spiro atoms. The quantitative estimate of drug-likeness (QED) is 0.475. The maximum Gasteiger partial charge on any atom is 0.176 e. The summed E-state index contributed by atoms with van der Waals surface area (Å²) < 4.78 is 0. The first-order chi connectivity index (χ1) is 10.9. The van der Waals surface area contributed by atoms with E-state index in [1.165, 1.54) is 96.3 Å². The van der Waals surface area contributed by atoms with Gasteiger partial charge in [0.25, 0.3) is 0 Å². The molecular formula is C20H33OP. The van der Waals surface area contributed by atoms with Crippen LogP contribution in [0.25, 0.3) is 0 Å². The first-order valence-corrected chi connectivity index (χ1v) is 11.9. The van der Waals surface area contributed by atoms with E-state index in [0.717, 1.165) is 17.0 Å². The van der Waals surface area contributed by atoms with Crippen LogP contribution >= 0.6 is 6.89 Å². The molecule has 0 bridgehead atoms. The molecular weight excluding hydrogens is 287 g/mol. The van der Waals surface area contributed by atoms with Crippen LogP contribution in [0.15, 0.2) is 0 Å². The summed E-state index contributed by atoms with van der Waals surface area (Å²) in [6.45, 7) is -1.40. The minimum atomic E-state index is -1.40. The van der Waals surface area contributed by atoms with Gasteiger partial charge in [0.15, 0.2) is 5.94 Å². The van der Waals surface area contributed by atoms with E-state index in [9.17, 15) is 4.79 Å². The molecule has 3 fully saturated rings. The fourth-order valence-electron chi connectivity index (χ4n) is 5.77. The van der Waals surface area contributed by atoms with Gasteiger partial charge in [-0.15, -0.1) is 0 Å². The first kappa shape index (κ1) is 16.6. The Morgan fingerprint density at radius 3 is 1.14 bits per heavy atom. The summed E-state index contributed by atoms with van der Waals surface area (Å²) in [4.78, 5) is 11.5. The molecule has 1 nitrogen and oxygen atoms in total. The minimum absolute atomic E-state index is 0.828. The zero-order valence-corrected chi connectivity index (χ0v) is 15.1. The summed E-state index contributed by atoms with van der Waals surface area (Å²) >= 11 is 0. The average molecular weight is 320 g/mol. The number of carbonyl (C=O) groups excluding carboxylic acids is 1. The van der Waals surface area contributed by atoms with E-state index >= 15 is 0 Å². The van der Waals surface area contributed by atoms with E-state index < -0.39 is 6.89 Å². The van der Waals surface area contributed by atoms with Crippen LogP contribution in [0.4, 0.5) is 0 Å². The van der Waals surface area contributed by atoms with Crippen molar-refractivity contribution in [3.8, 4) is 0 Å². The van der Waals surface area contributed by atoms with Crippen molar-refractivity contribution in [2.24, 2.45) is 0 Å². The van der Waals surface area contributed by atoms with E-state index in [1.807, 2.05) is 0 Å². The van der Waals surface area contributed by atoms with Crippen molar-refractivity contribution in [2.45, 2.75) is 113 Å². The predicted molar refractivity (Wildman–Crippen MR) is 98.2 cm³/mol. The highest BCUT2D eigenvalue weighted by molar-refractivity contribution is 7.76. The molecule has 124 valence electrons. The third-order valence-corrected chi connectivity index (χ3v) is 12.4. The molecule has 3 aliphatic rings. The second-order valence-electron chi connectivity index (χ2n) is 7.92. The Balaban J connectivity index is 2.00. The van der Waals surface area contributed by atoms with Gasteiger partial charge in [-0.2, -0.15) is 0 Å². The van der Waals surface area contributed by atoms with Crippen molar-refractivity contribution in [3.63, 3.8) is 0 Å². The first-order valence-electron chi connectivity index (χ1n) is 9.90. The molecule has 3 rings (SSSR count). The largest absolute Gasteiger partial charge is 0.224 e. The summed E-state index contributed by atoms with van der Waals surface area (Å²) in [6.07, 6.45) is 20.9. The number of rotatable bonds is 3. The smallest absolute Gasteiger partial charge is 0.176 e.